The van der Waals surface area contributed by atoms with Crippen molar-refractivity contribution >= 4 is 12.4 Å². The number of amides is 1. The average Bonchev–Trinajstić information content (AvgIpc) is 2.11. The molecule has 0 aliphatic rings. The van der Waals surface area contributed by atoms with Crippen LogP contribution in [0.5, 0.6) is 0 Å². The fourth-order valence-corrected chi connectivity index (χ4v) is 1.40. The molecule has 0 aromatic heterocycles. The summed E-state index contributed by atoms with van der Waals surface area (Å²) >= 11 is 0. The van der Waals surface area contributed by atoms with Gasteiger partial charge in [-0.25, -0.2) is 4.79 Å². The Balaban J connectivity index is 4.78. The Bertz CT molecular complexity index is 204. The molecule has 0 fully saturated rings. The number of hydrogen-bond donors (Lipinski definition) is 1. The molecule has 0 saturated heterocycles. The lowest BCUT2D eigenvalue weighted by Crippen LogP contribution is -2.48. The van der Waals surface area contributed by atoms with E-state index in [4.69, 9.17) is 5.11 Å². The average molecular weight is 201 g/mol. The number of carbonyl (C=O) groups is 2. The first-order valence-corrected chi connectivity index (χ1v) is 4.91. The number of aliphatic carboxylic acids is 1. The van der Waals surface area contributed by atoms with Crippen LogP contribution in [0.15, 0.2) is 0 Å². The number of carbonyl (C=O) groups excluding carboxylic acids is 1. The molecule has 14 heavy (non-hydrogen) atoms. The van der Waals surface area contributed by atoms with E-state index >= 15 is 0 Å². The minimum Gasteiger partial charge on any atom is -0.480 e. The number of rotatable bonds is 6. The standard InChI is InChI=1S/C10H19NO3/c1-5-8(4)9(10(13)14)11(6-12)7(2)3/h6-9H,5H2,1-4H3,(H,13,14). The number of carboxylic acids is 1. The van der Waals surface area contributed by atoms with Crippen LogP contribution in [0, 0.1) is 5.92 Å². The van der Waals surface area contributed by atoms with Crippen LogP contribution >= 0.6 is 0 Å². The topological polar surface area (TPSA) is 57.6 Å². The predicted octanol–water partition coefficient (Wildman–Crippen LogP) is 1.35. The Morgan fingerprint density at radius 1 is 1.43 bits per heavy atom. The van der Waals surface area contributed by atoms with Gasteiger partial charge in [0.05, 0.1) is 0 Å². The summed E-state index contributed by atoms with van der Waals surface area (Å²) in [5, 5.41) is 9.02. The van der Waals surface area contributed by atoms with Crippen molar-refractivity contribution in [2.75, 3.05) is 0 Å². The van der Waals surface area contributed by atoms with Crippen molar-refractivity contribution < 1.29 is 14.7 Å². The maximum absolute atomic E-state index is 11.0. The second kappa shape index (κ2) is 5.62. The molecule has 0 heterocycles. The molecule has 0 bridgehead atoms. The maximum Gasteiger partial charge on any atom is 0.326 e. The molecule has 0 aliphatic heterocycles. The van der Waals surface area contributed by atoms with Crippen LogP contribution < -0.4 is 0 Å². The van der Waals surface area contributed by atoms with Gasteiger partial charge in [-0.05, 0) is 19.8 Å². The van der Waals surface area contributed by atoms with Crippen LogP contribution in [-0.4, -0.2) is 34.5 Å². The molecule has 0 radical (unpaired) electrons. The minimum atomic E-state index is -0.930. The predicted molar refractivity (Wildman–Crippen MR) is 53.9 cm³/mol. The summed E-state index contributed by atoms with van der Waals surface area (Å²) < 4.78 is 0. The number of carboxylic acid groups (broad SMARTS) is 1. The van der Waals surface area contributed by atoms with Gasteiger partial charge in [-0.3, -0.25) is 4.79 Å². The lowest BCUT2D eigenvalue weighted by atomic mass is 9.97. The van der Waals surface area contributed by atoms with E-state index in [9.17, 15) is 9.59 Å². The highest BCUT2D eigenvalue weighted by Crippen LogP contribution is 2.16. The number of hydrogen-bond acceptors (Lipinski definition) is 2. The first-order valence-electron chi connectivity index (χ1n) is 4.91. The lowest BCUT2D eigenvalue weighted by molar-refractivity contribution is -0.150. The zero-order chi connectivity index (χ0) is 11.3. The summed E-state index contributed by atoms with van der Waals surface area (Å²) in [6.45, 7) is 7.39. The minimum absolute atomic E-state index is 0.0277. The van der Waals surface area contributed by atoms with E-state index < -0.39 is 12.0 Å². The fraction of sp³-hybridized carbons (Fsp3) is 0.800. The highest BCUT2D eigenvalue weighted by Gasteiger charge is 2.30. The van der Waals surface area contributed by atoms with E-state index in [1.807, 2.05) is 27.7 Å². The molecule has 2 unspecified atom stereocenters. The van der Waals surface area contributed by atoms with E-state index in [2.05, 4.69) is 0 Å². The highest BCUT2D eigenvalue weighted by molar-refractivity contribution is 5.76. The van der Waals surface area contributed by atoms with Crippen molar-refractivity contribution in [3.05, 3.63) is 0 Å². The van der Waals surface area contributed by atoms with Crippen LogP contribution in [0.1, 0.15) is 34.1 Å². The molecular weight excluding hydrogens is 182 g/mol. The van der Waals surface area contributed by atoms with Crippen LogP contribution in [0.25, 0.3) is 0 Å². The summed E-state index contributed by atoms with van der Waals surface area (Å²) in [5.74, 6) is -0.958. The third-order valence-electron chi connectivity index (χ3n) is 2.48. The van der Waals surface area contributed by atoms with Crippen molar-refractivity contribution in [2.45, 2.75) is 46.2 Å². The molecule has 0 aromatic rings. The highest BCUT2D eigenvalue weighted by atomic mass is 16.4. The zero-order valence-corrected chi connectivity index (χ0v) is 9.23. The monoisotopic (exact) mass is 201 g/mol. The van der Waals surface area contributed by atoms with Crippen molar-refractivity contribution in [3.63, 3.8) is 0 Å². The van der Waals surface area contributed by atoms with E-state index in [0.29, 0.717) is 6.41 Å². The maximum atomic E-state index is 11.0. The molecule has 4 nitrogen and oxygen atoms in total. The smallest absolute Gasteiger partial charge is 0.326 e. The molecule has 0 spiro atoms. The van der Waals surface area contributed by atoms with Gasteiger partial charge < -0.3 is 10.0 Å². The molecular formula is C10H19NO3. The summed E-state index contributed by atoms with van der Waals surface area (Å²) in [5.41, 5.74) is 0. The van der Waals surface area contributed by atoms with Gasteiger partial charge in [-0.1, -0.05) is 20.3 Å². The molecule has 1 amide bonds. The molecule has 82 valence electrons. The van der Waals surface area contributed by atoms with Crippen molar-refractivity contribution in [1.29, 1.82) is 0 Å². The van der Waals surface area contributed by atoms with E-state index in [-0.39, 0.29) is 12.0 Å². The largest absolute Gasteiger partial charge is 0.480 e. The second-order valence-electron chi connectivity index (χ2n) is 3.81. The SMILES string of the molecule is CCC(C)C(C(=O)O)N(C=O)C(C)C. The summed E-state index contributed by atoms with van der Waals surface area (Å²) in [7, 11) is 0. The fourth-order valence-electron chi connectivity index (χ4n) is 1.40. The van der Waals surface area contributed by atoms with Gasteiger partial charge in [0.1, 0.15) is 6.04 Å². The Morgan fingerprint density at radius 2 is 1.93 bits per heavy atom. The lowest BCUT2D eigenvalue weighted by Gasteiger charge is -2.32. The van der Waals surface area contributed by atoms with Crippen molar-refractivity contribution in [1.82, 2.24) is 4.90 Å². The molecule has 4 heteroatoms. The molecule has 0 saturated carbocycles. The van der Waals surface area contributed by atoms with Crippen molar-refractivity contribution in [3.8, 4) is 0 Å². The van der Waals surface area contributed by atoms with Gasteiger partial charge in [-0.2, -0.15) is 0 Å². The van der Waals surface area contributed by atoms with Crippen molar-refractivity contribution in [2.24, 2.45) is 5.92 Å². The van der Waals surface area contributed by atoms with E-state index in [0.717, 1.165) is 6.42 Å². The third-order valence-corrected chi connectivity index (χ3v) is 2.48. The quantitative estimate of drug-likeness (QED) is 0.660. The number of nitrogens with zero attached hydrogens (tertiary/aromatic N) is 1. The van der Waals surface area contributed by atoms with Crippen LogP contribution in [0.2, 0.25) is 0 Å². The summed E-state index contributed by atoms with van der Waals surface area (Å²) in [6.07, 6.45) is 1.36. The molecule has 1 N–H and O–H groups in total. The van der Waals surface area contributed by atoms with E-state index in [1.54, 1.807) is 0 Å². The summed E-state index contributed by atoms with van der Waals surface area (Å²) in [6, 6.07) is -0.792. The van der Waals surface area contributed by atoms with Gasteiger partial charge >= 0.3 is 5.97 Å². The zero-order valence-electron chi connectivity index (χ0n) is 9.23. The van der Waals surface area contributed by atoms with Gasteiger partial charge in [0, 0.05) is 6.04 Å². The Morgan fingerprint density at radius 3 is 2.14 bits per heavy atom. The van der Waals surface area contributed by atoms with E-state index in [1.165, 1.54) is 4.90 Å². The Kier molecular flexibility index (Phi) is 5.20. The summed E-state index contributed by atoms with van der Waals surface area (Å²) in [4.78, 5) is 23.1. The van der Waals surface area contributed by atoms with Gasteiger partial charge in [0.2, 0.25) is 6.41 Å². The first kappa shape index (κ1) is 12.9. The third kappa shape index (κ3) is 3.01. The van der Waals surface area contributed by atoms with Crippen LogP contribution in [-0.2, 0) is 9.59 Å². The van der Waals surface area contributed by atoms with Crippen LogP contribution in [0.3, 0.4) is 0 Å². The Hall–Kier alpha value is -1.06. The molecule has 0 rings (SSSR count). The normalized spacial score (nSPS) is 14.9. The van der Waals surface area contributed by atoms with Gasteiger partial charge in [-0.15, -0.1) is 0 Å². The molecule has 0 aromatic carbocycles. The Labute approximate surface area is 84.9 Å². The van der Waals surface area contributed by atoms with Gasteiger partial charge in [0.25, 0.3) is 0 Å². The van der Waals surface area contributed by atoms with Gasteiger partial charge in [0.15, 0.2) is 0 Å². The molecule has 0 aliphatic carbocycles. The first-order chi connectivity index (χ1) is 6.45. The van der Waals surface area contributed by atoms with Crippen LogP contribution in [0.4, 0.5) is 0 Å². The second-order valence-corrected chi connectivity index (χ2v) is 3.81. The molecule has 2 atom stereocenters.